The normalized spacial score (nSPS) is 10.5. The summed E-state index contributed by atoms with van der Waals surface area (Å²) in [5.41, 5.74) is 1.85. The second kappa shape index (κ2) is 5.96. The van der Waals surface area contributed by atoms with Crippen LogP contribution in [0.4, 0.5) is 5.69 Å². The molecule has 5 nitrogen and oxygen atoms in total. The number of para-hydroxylation sites is 1. The van der Waals surface area contributed by atoms with Gasteiger partial charge in [0, 0.05) is 29.8 Å². The van der Waals surface area contributed by atoms with Crippen molar-refractivity contribution in [3.63, 3.8) is 0 Å². The second-order valence-corrected chi connectivity index (χ2v) is 5.18. The largest absolute Gasteiger partial charge is 0.497 e. The van der Waals surface area contributed by atoms with Gasteiger partial charge in [-0.25, -0.2) is 0 Å². The molecule has 23 heavy (non-hydrogen) atoms. The highest BCUT2D eigenvalue weighted by atomic mass is 16.5. The van der Waals surface area contributed by atoms with Crippen molar-refractivity contribution in [2.24, 2.45) is 7.05 Å². The van der Waals surface area contributed by atoms with Crippen molar-refractivity contribution in [2.45, 2.75) is 0 Å². The molecular weight excluding hydrogens is 292 g/mol. The van der Waals surface area contributed by atoms with E-state index < -0.39 is 11.7 Å². The molecule has 0 spiro atoms. The fourth-order valence-corrected chi connectivity index (χ4v) is 2.51. The fourth-order valence-electron chi connectivity index (χ4n) is 2.51. The number of rotatable bonds is 4. The maximum atomic E-state index is 12.4. The van der Waals surface area contributed by atoms with Crippen molar-refractivity contribution in [2.75, 3.05) is 12.4 Å². The van der Waals surface area contributed by atoms with E-state index in [4.69, 9.17) is 4.74 Å². The molecule has 1 aromatic heterocycles. The lowest BCUT2D eigenvalue weighted by Crippen LogP contribution is -2.22. The number of carbonyl (C=O) groups excluding carboxylic acids is 2. The SMILES string of the molecule is COc1ccc(NC(=O)C(=O)c2cn(C)c3ccccc23)cc1. The number of ether oxygens (including phenoxy) is 1. The van der Waals surface area contributed by atoms with E-state index in [0.29, 0.717) is 17.0 Å². The molecule has 0 bridgehead atoms. The van der Waals surface area contributed by atoms with Gasteiger partial charge in [-0.2, -0.15) is 0 Å². The Morgan fingerprint density at radius 2 is 1.74 bits per heavy atom. The van der Waals surface area contributed by atoms with Gasteiger partial charge in [0.05, 0.1) is 12.7 Å². The van der Waals surface area contributed by atoms with Gasteiger partial charge < -0.3 is 14.6 Å². The van der Waals surface area contributed by atoms with E-state index in [9.17, 15) is 9.59 Å². The summed E-state index contributed by atoms with van der Waals surface area (Å²) in [5.74, 6) is -0.535. The van der Waals surface area contributed by atoms with Crippen molar-refractivity contribution in [3.05, 3.63) is 60.3 Å². The molecular formula is C18H16N2O3. The summed E-state index contributed by atoms with van der Waals surface area (Å²) in [7, 11) is 3.41. The first-order chi connectivity index (χ1) is 11.1. The summed E-state index contributed by atoms with van der Waals surface area (Å²) in [5, 5.41) is 3.38. The number of benzene rings is 2. The average Bonchev–Trinajstić information content (AvgIpc) is 2.92. The molecule has 0 saturated carbocycles. The van der Waals surface area contributed by atoms with Gasteiger partial charge in [0.25, 0.3) is 11.7 Å². The molecule has 0 aliphatic rings. The van der Waals surface area contributed by atoms with E-state index in [2.05, 4.69) is 5.32 Å². The smallest absolute Gasteiger partial charge is 0.296 e. The van der Waals surface area contributed by atoms with Crippen LogP contribution in [0.25, 0.3) is 10.9 Å². The van der Waals surface area contributed by atoms with Crippen LogP contribution in [0.15, 0.2) is 54.7 Å². The molecule has 0 aliphatic heterocycles. The zero-order chi connectivity index (χ0) is 16.4. The maximum absolute atomic E-state index is 12.4. The zero-order valence-corrected chi connectivity index (χ0v) is 12.9. The zero-order valence-electron chi connectivity index (χ0n) is 12.9. The predicted octanol–water partition coefficient (Wildman–Crippen LogP) is 3.01. The van der Waals surface area contributed by atoms with Gasteiger partial charge in [0.1, 0.15) is 5.75 Å². The van der Waals surface area contributed by atoms with Gasteiger partial charge in [-0.05, 0) is 30.3 Å². The fraction of sp³-hybridized carbons (Fsp3) is 0.111. The average molecular weight is 308 g/mol. The summed E-state index contributed by atoms with van der Waals surface area (Å²) >= 11 is 0. The van der Waals surface area contributed by atoms with Crippen LogP contribution in [0.3, 0.4) is 0 Å². The number of fused-ring (bicyclic) bond motifs is 1. The van der Waals surface area contributed by atoms with Crippen LogP contribution in [0, 0.1) is 0 Å². The Hall–Kier alpha value is -3.08. The summed E-state index contributed by atoms with van der Waals surface area (Å²) in [6.07, 6.45) is 1.68. The Bertz CT molecular complexity index is 879. The first-order valence-corrected chi connectivity index (χ1v) is 7.14. The number of carbonyl (C=O) groups is 2. The maximum Gasteiger partial charge on any atom is 0.296 e. The summed E-state index contributed by atoms with van der Waals surface area (Å²) in [4.78, 5) is 24.7. The summed E-state index contributed by atoms with van der Waals surface area (Å²) in [6, 6.07) is 14.3. The van der Waals surface area contributed by atoms with Crippen LogP contribution >= 0.6 is 0 Å². The number of nitrogens with one attached hydrogen (secondary N) is 1. The number of anilines is 1. The number of methoxy groups -OCH3 is 1. The van der Waals surface area contributed by atoms with Crippen LogP contribution in [-0.4, -0.2) is 23.4 Å². The number of aromatic nitrogens is 1. The molecule has 1 amide bonds. The molecule has 0 radical (unpaired) electrons. The van der Waals surface area contributed by atoms with Gasteiger partial charge >= 0.3 is 0 Å². The highest BCUT2D eigenvalue weighted by Crippen LogP contribution is 2.21. The van der Waals surface area contributed by atoms with Gasteiger partial charge in [0.15, 0.2) is 0 Å². The quantitative estimate of drug-likeness (QED) is 0.595. The summed E-state index contributed by atoms with van der Waals surface area (Å²) in [6.45, 7) is 0. The Kier molecular flexibility index (Phi) is 3.85. The third-order valence-corrected chi connectivity index (χ3v) is 3.70. The lowest BCUT2D eigenvalue weighted by Gasteiger charge is -2.05. The van der Waals surface area contributed by atoms with E-state index in [0.717, 1.165) is 10.9 Å². The molecule has 0 aliphatic carbocycles. The predicted molar refractivity (Wildman–Crippen MR) is 88.9 cm³/mol. The minimum absolute atomic E-state index is 0.397. The molecule has 116 valence electrons. The molecule has 0 unspecified atom stereocenters. The number of amides is 1. The number of nitrogens with zero attached hydrogens (tertiary/aromatic N) is 1. The molecule has 5 heteroatoms. The summed E-state index contributed by atoms with van der Waals surface area (Å²) < 4.78 is 6.90. The van der Waals surface area contributed by atoms with E-state index in [-0.39, 0.29) is 0 Å². The van der Waals surface area contributed by atoms with Crippen LogP contribution in [0.2, 0.25) is 0 Å². The van der Waals surface area contributed by atoms with Crippen LogP contribution in [0.5, 0.6) is 5.75 Å². The van der Waals surface area contributed by atoms with E-state index in [1.807, 2.05) is 35.9 Å². The first-order valence-electron chi connectivity index (χ1n) is 7.14. The van der Waals surface area contributed by atoms with Crippen molar-refractivity contribution in [1.82, 2.24) is 4.57 Å². The van der Waals surface area contributed by atoms with Gasteiger partial charge in [0.2, 0.25) is 0 Å². The Morgan fingerprint density at radius 3 is 2.43 bits per heavy atom. The minimum atomic E-state index is -0.661. The van der Waals surface area contributed by atoms with Crippen LogP contribution in [0.1, 0.15) is 10.4 Å². The molecule has 0 fully saturated rings. The van der Waals surface area contributed by atoms with Crippen molar-refractivity contribution < 1.29 is 14.3 Å². The third kappa shape index (κ3) is 2.81. The standard InChI is InChI=1S/C18H16N2O3/c1-20-11-15(14-5-3-4-6-16(14)20)17(21)18(22)19-12-7-9-13(23-2)10-8-12/h3-11H,1-2H3,(H,19,22). The topological polar surface area (TPSA) is 60.3 Å². The first kappa shape index (κ1) is 14.8. The molecule has 1 heterocycles. The van der Waals surface area contributed by atoms with Gasteiger partial charge in [-0.15, -0.1) is 0 Å². The van der Waals surface area contributed by atoms with Gasteiger partial charge in [-0.3, -0.25) is 9.59 Å². The van der Waals surface area contributed by atoms with Crippen molar-refractivity contribution in [1.29, 1.82) is 0 Å². The van der Waals surface area contributed by atoms with Crippen LogP contribution < -0.4 is 10.1 Å². The number of ketones is 1. The lowest BCUT2D eigenvalue weighted by atomic mass is 10.1. The van der Waals surface area contributed by atoms with Crippen LogP contribution in [-0.2, 0) is 11.8 Å². The monoisotopic (exact) mass is 308 g/mol. The number of hydrogen-bond donors (Lipinski definition) is 1. The Morgan fingerprint density at radius 1 is 1.04 bits per heavy atom. The molecule has 0 saturated heterocycles. The number of Topliss-reactive ketones (excluding diaryl/α,β-unsaturated/α-hetero) is 1. The van der Waals surface area contributed by atoms with Crippen molar-refractivity contribution in [3.8, 4) is 5.75 Å². The van der Waals surface area contributed by atoms with Gasteiger partial charge in [-0.1, -0.05) is 18.2 Å². The lowest BCUT2D eigenvalue weighted by molar-refractivity contribution is -0.112. The molecule has 3 rings (SSSR count). The Balaban J connectivity index is 1.85. The van der Waals surface area contributed by atoms with Crippen molar-refractivity contribution >= 4 is 28.3 Å². The second-order valence-electron chi connectivity index (χ2n) is 5.18. The molecule has 0 atom stereocenters. The number of aryl methyl sites for hydroxylation is 1. The van der Waals surface area contributed by atoms with E-state index in [1.54, 1.807) is 37.6 Å². The number of hydrogen-bond acceptors (Lipinski definition) is 3. The Labute approximate surface area is 133 Å². The molecule has 2 aromatic carbocycles. The van der Waals surface area contributed by atoms with E-state index >= 15 is 0 Å². The third-order valence-electron chi connectivity index (χ3n) is 3.70. The molecule has 1 N–H and O–H groups in total. The highest BCUT2D eigenvalue weighted by Gasteiger charge is 2.20. The molecule has 3 aromatic rings. The van der Waals surface area contributed by atoms with E-state index in [1.165, 1.54) is 0 Å². The minimum Gasteiger partial charge on any atom is -0.497 e. The highest BCUT2D eigenvalue weighted by molar-refractivity contribution is 6.48.